The van der Waals surface area contributed by atoms with Crippen LogP contribution in [0.15, 0.2) is 46.9 Å². The highest BCUT2D eigenvalue weighted by molar-refractivity contribution is 6.33. The normalized spacial score (nSPS) is 10.8. The van der Waals surface area contributed by atoms with E-state index < -0.39 is 11.7 Å². The van der Waals surface area contributed by atoms with Gasteiger partial charge in [0.2, 0.25) is 0 Å². The molecule has 1 amide bonds. The number of rotatable bonds is 2. The van der Waals surface area contributed by atoms with Crippen molar-refractivity contribution < 1.29 is 13.6 Å². The predicted octanol–water partition coefficient (Wildman–Crippen LogP) is 4.06. The summed E-state index contributed by atoms with van der Waals surface area (Å²) in [6.45, 7) is 0. The number of halogens is 2. The summed E-state index contributed by atoms with van der Waals surface area (Å²) >= 11 is 5.90. The number of nitrogens with two attached hydrogens (primary N) is 1. The summed E-state index contributed by atoms with van der Waals surface area (Å²) in [6.07, 6.45) is 0. The smallest absolute Gasteiger partial charge is 0.291 e. The minimum absolute atomic E-state index is 0.0935. The van der Waals surface area contributed by atoms with Crippen LogP contribution >= 0.6 is 11.6 Å². The van der Waals surface area contributed by atoms with Crippen LogP contribution in [0.2, 0.25) is 5.02 Å². The summed E-state index contributed by atoms with van der Waals surface area (Å²) in [7, 11) is 0. The van der Waals surface area contributed by atoms with E-state index in [2.05, 4.69) is 5.32 Å². The second-order valence-corrected chi connectivity index (χ2v) is 4.89. The van der Waals surface area contributed by atoms with Crippen molar-refractivity contribution >= 4 is 39.9 Å². The molecule has 0 saturated heterocycles. The molecule has 0 unspecified atom stereocenters. The molecule has 0 saturated carbocycles. The average Bonchev–Trinajstić information content (AvgIpc) is 2.86. The largest absolute Gasteiger partial charge is 0.451 e. The Kier molecular flexibility index (Phi) is 3.27. The fourth-order valence-corrected chi connectivity index (χ4v) is 2.12. The highest BCUT2D eigenvalue weighted by Gasteiger charge is 2.14. The van der Waals surface area contributed by atoms with Crippen LogP contribution in [-0.4, -0.2) is 5.91 Å². The lowest BCUT2D eigenvalue weighted by Crippen LogP contribution is -2.11. The van der Waals surface area contributed by atoms with Crippen molar-refractivity contribution in [3.05, 3.63) is 59.1 Å². The zero-order valence-corrected chi connectivity index (χ0v) is 11.4. The fraction of sp³-hybridized carbons (Fsp3) is 0. The number of hydrogen-bond acceptors (Lipinski definition) is 3. The number of furan rings is 1. The minimum Gasteiger partial charge on any atom is -0.451 e. The first-order valence-electron chi connectivity index (χ1n) is 6.08. The lowest BCUT2D eigenvalue weighted by molar-refractivity contribution is 0.0998. The molecule has 3 rings (SSSR count). The Hall–Kier alpha value is -2.53. The molecule has 106 valence electrons. The van der Waals surface area contributed by atoms with Crippen molar-refractivity contribution in [2.45, 2.75) is 0 Å². The topological polar surface area (TPSA) is 68.3 Å². The third-order valence-electron chi connectivity index (χ3n) is 2.94. The molecule has 0 bridgehead atoms. The summed E-state index contributed by atoms with van der Waals surface area (Å²) in [4.78, 5) is 12.1. The standard InChI is InChI=1S/C15H10ClFN2O2/c16-11-3-1-9(17)7-12(11)19-15(20)14-6-8-5-10(18)2-4-13(8)21-14/h1-7H,18H2,(H,19,20). The number of anilines is 2. The van der Waals surface area contributed by atoms with E-state index in [9.17, 15) is 9.18 Å². The van der Waals surface area contributed by atoms with Gasteiger partial charge in [0.25, 0.3) is 5.91 Å². The first-order chi connectivity index (χ1) is 10.0. The van der Waals surface area contributed by atoms with Crippen molar-refractivity contribution in [3.63, 3.8) is 0 Å². The third kappa shape index (κ3) is 2.68. The van der Waals surface area contributed by atoms with Gasteiger partial charge in [0.1, 0.15) is 11.4 Å². The van der Waals surface area contributed by atoms with Crippen LogP contribution in [-0.2, 0) is 0 Å². The van der Waals surface area contributed by atoms with Gasteiger partial charge < -0.3 is 15.5 Å². The highest BCUT2D eigenvalue weighted by atomic mass is 35.5. The van der Waals surface area contributed by atoms with Crippen LogP contribution in [0.3, 0.4) is 0 Å². The van der Waals surface area contributed by atoms with Gasteiger partial charge in [-0.1, -0.05) is 11.6 Å². The third-order valence-corrected chi connectivity index (χ3v) is 3.27. The summed E-state index contributed by atoms with van der Waals surface area (Å²) < 4.78 is 18.6. The van der Waals surface area contributed by atoms with E-state index in [0.717, 1.165) is 6.07 Å². The molecule has 0 aliphatic heterocycles. The zero-order valence-electron chi connectivity index (χ0n) is 10.7. The highest BCUT2D eigenvalue weighted by Crippen LogP contribution is 2.25. The molecule has 0 spiro atoms. The lowest BCUT2D eigenvalue weighted by Gasteiger charge is -2.05. The van der Waals surface area contributed by atoms with Gasteiger partial charge in [0.15, 0.2) is 5.76 Å². The SMILES string of the molecule is Nc1ccc2oc(C(=O)Nc3cc(F)ccc3Cl)cc2c1. The number of hydrogen-bond donors (Lipinski definition) is 2. The van der Waals surface area contributed by atoms with Gasteiger partial charge in [-0.15, -0.1) is 0 Å². The van der Waals surface area contributed by atoms with Crippen LogP contribution < -0.4 is 11.1 Å². The number of nitrogen functional groups attached to an aromatic ring is 1. The molecule has 0 aliphatic carbocycles. The Morgan fingerprint density at radius 3 is 2.81 bits per heavy atom. The summed E-state index contributed by atoms with van der Waals surface area (Å²) in [5, 5.41) is 3.46. The summed E-state index contributed by atoms with van der Waals surface area (Å²) in [5.41, 5.74) is 6.96. The minimum atomic E-state index is -0.516. The van der Waals surface area contributed by atoms with Gasteiger partial charge in [-0.2, -0.15) is 0 Å². The van der Waals surface area contributed by atoms with Gasteiger partial charge in [-0.05, 0) is 42.5 Å². The van der Waals surface area contributed by atoms with E-state index in [1.54, 1.807) is 24.3 Å². The maximum Gasteiger partial charge on any atom is 0.291 e. The number of benzene rings is 2. The number of nitrogens with one attached hydrogen (secondary N) is 1. The number of carbonyl (C=O) groups is 1. The van der Waals surface area contributed by atoms with E-state index in [1.165, 1.54) is 12.1 Å². The van der Waals surface area contributed by atoms with Gasteiger partial charge in [-0.3, -0.25) is 4.79 Å². The van der Waals surface area contributed by atoms with Crippen molar-refractivity contribution in [2.24, 2.45) is 0 Å². The molecule has 0 radical (unpaired) electrons. The second-order valence-electron chi connectivity index (χ2n) is 4.49. The van der Waals surface area contributed by atoms with Gasteiger partial charge >= 0.3 is 0 Å². The average molecular weight is 305 g/mol. The molecule has 3 N–H and O–H groups in total. The molecule has 6 heteroatoms. The molecule has 4 nitrogen and oxygen atoms in total. The Morgan fingerprint density at radius 2 is 2.00 bits per heavy atom. The van der Waals surface area contributed by atoms with Gasteiger partial charge in [0, 0.05) is 11.1 Å². The zero-order chi connectivity index (χ0) is 15.0. The molecule has 0 fully saturated rings. The number of fused-ring (bicyclic) bond motifs is 1. The Labute approximate surface area is 124 Å². The number of amides is 1. The van der Waals surface area contributed by atoms with Crippen LogP contribution in [0.25, 0.3) is 11.0 Å². The maximum atomic E-state index is 13.2. The van der Waals surface area contributed by atoms with E-state index in [0.29, 0.717) is 16.7 Å². The molecular weight excluding hydrogens is 295 g/mol. The summed E-state index contributed by atoms with van der Waals surface area (Å²) in [5.74, 6) is -0.916. The Bertz CT molecular complexity index is 845. The first-order valence-corrected chi connectivity index (χ1v) is 6.46. The lowest BCUT2D eigenvalue weighted by atomic mass is 10.2. The van der Waals surface area contributed by atoms with E-state index in [4.69, 9.17) is 21.8 Å². The monoisotopic (exact) mass is 304 g/mol. The fourth-order valence-electron chi connectivity index (χ4n) is 1.95. The van der Waals surface area contributed by atoms with Crippen LogP contribution in [0.5, 0.6) is 0 Å². The first kappa shape index (κ1) is 13.5. The Balaban J connectivity index is 1.91. The van der Waals surface area contributed by atoms with Gasteiger partial charge in [0.05, 0.1) is 10.7 Å². The molecule has 1 aromatic heterocycles. The Morgan fingerprint density at radius 1 is 1.19 bits per heavy atom. The molecule has 0 aliphatic rings. The van der Waals surface area contributed by atoms with E-state index in [-0.39, 0.29) is 16.5 Å². The predicted molar refractivity (Wildman–Crippen MR) is 80.0 cm³/mol. The number of carbonyl (C=O) groups excluding carboxylic acids is 1. The van der Waals surface area contributed by atoms with E-state index in [1.807, 2.05) is 0 Å². The summed E-state index contributed by atoms with van der Waals surface area (Å²) in [6, 6.07) is 10.3. The molecule has 21 heavy (non-hydrogen) atoms. The molecule has 0 atom stereocenters. The molecule has 2 aromatic carbocycles. The van der Waals surface area contributed by atoms with Crippen molar-refractivity contribution in [1.82, 2.24) is 0 Å². The molecular formula is C15H10ClFN2O2. The van der Waals surface area contributed by atoms with Crippen LogP contribution in [0.4, 0.5) is 15.8 Å². The molecule has 1 heterocycles. The maximum absolute atomic E-state index is 13.2. The van der Waals surface area contributed by atoms with Gasteiger partial charge in [-0.25, -0.2) is 4.39 Å². The van der Waals surface area contributed by atoms with Crippen LogP contribution in [0, 0.1) is 5.82 Å². The molecule has 3 aromatic rings. The quantitative estimate of drug-likeness (QED) is 0.701. The van der Waals surface area contributed by atoms with Crippen molar-refractivity contribution in [3.8, 4) is 0 Å². The van der Waals surface area contributed by atoms with Crippen LogP contribution in [0.1, 0.15) is 10.6 Å². The van der Waals surface area contributed by atoms with E-state index >= 15 is 0 Å². The van der Waals surface area contributed by atoms with Crippen molar-refractivity contribution in [1.29, 1.82) is 0 Å². The van der Waals surface area contributed by atoms with Crippen molar-refractivity contribution in [2.75, 3.05) is 11.1 Å². The second kappa shape index (κ2) is 5.10.